The average Bonchev–Trinajstić information content (AvgIpc) is 2.59. The van der Waals surface area contributed by atoms with Crippen molar-refractivity contribution in [3.05, 3.63) is 47.0 Å². The van der Waals surface area contributed by atoms with Gasteiger partial charge in [0.2, 0.25) is 0 Å². The molecule has 0 amide bonds. The molecule has 1 aromatic rings. The van der Waals surface area contributed by atoms with E-state index in [9.17, 15) is 4.79 Å². The van der Waals surface area contributed by atoms with Crippen LogP contribution in [0.4, 0.5) is 0 Å². The molecule has 0 N–H and O–H groups in total. The highest BCUT2D eigenvalue weighted by Gasteiger charge is 2.16. The van der Waals surface area contributed by atoms with Gasteiger partial charge in [0.25, 0.3) is 0 Å². The molecular formula is C14H16O2. The van der Waals surface area contributed by atoms with E-state index >= 15 is 0 Å². The van der Waals surface area contributed by atoms with Crippen molar-refractivity contribution in [3.8, 4) is 0 Å². The molecule has 0 saturated heterocycles. The van der Waals surface area contributed by atoms with Crippen LogP contribution in [-0.2, 0) is 6.42 Å². The Bertz CT molecular complexity index is 461. The van der Waals surface area contributed by atoms with E-state index in [4.69, 9.17) is 4.42 Å². The second kappa shape index (κ2) is 4.52. The third-order valence-corrected chi connectivity index (χ3v) is 2.83. The van der Waals surface area contributed by atoms with Crippen LogP contribution in [0.5, 0.6) is 0 Å². The highest BCUT2D eigenvalue weighted by molar-refractivity contribution is 6.06. The second-order valence-corrected chi connectivity index (χ2v) is 4.29. The topological polar surface area (TPSA) is 30.2 Å². The number of hydrogen-bond acceptors (Lipinski definition) is 2. The van der Waals surface area contributed by atoms with Gasteiger partial charge in [0, 0.05) is 6.42 Å². The zero-order valence-electron chi connectivity index (χ0n) is 9.75. The fraction of sp³-hybridized carbons (Fsp3) is 0.357. The number of hydrogen-bond donors (Lipinski definition) is 0. The van der Waals surface area contributed by atoms with Crippen LogP contribution in [0.2, 0.25) is 0 Å². The van der Waals surface area contributed by atoms with E-state index in [0.29, 0.717) is 0 Å². The van der Waals surface area contributed by atoms with Gasteiger partial charge in [-0.05, 0) is 38.3 Å². The van der Waals surface area contributed by atoms with Gasteiger partial charge in [0.15, 0.2) is 5.78 Å². The van der Waals surface area contributed by atoms with E-state index in [-0.39, 0.29) is 5.78 Å². The smallest absolute Gasteiger partial charge is 0.189 e. The van der Waals surface area contributed by atoms with Crippen LogP contribution >= 0.6 is 0 Å². The van der Waals surface area contributed by atoms with Gasteiger partial charge >= 0.3 is 0 Å². The summed E-state index contributed by atoms with van der Waals surface area (Å²) in [4.78, 5) is 11.9. The minimum Gasteiger partial charge on any atom is -0.468 e. The standard InChI is InChI=1S/C14H16O2/c1-10-6-4-3-5-7-12(15)14-11(2)9-16-13(14)8-10/h5-7,9H,3-4,8H2,1-2H3/b7-5+,10-6+. The van der Waals surface area contributed by atoms with Crippen molar-refractivity contribution in [3.63, 3.8) is 0 Å². The molecule has 0 unspecified atom stereocenters. The summed E-state index contributed by atoms with van der Waals surface area (Å²) in [7, 11) is 0. The molecule has 1 aliphatic rings. The van der Waals surface area contributed by atoms with Gasteiger partial charge in [0.05, 0.1) is 11.8 Å². The first kappa shape index (κ1) is 10.9. The summed E-state index contributed by atoms with van der Waals surface area (Å²) in [5, 5.41) is 0. The summed E-state index contributed by atoms with van der Waals surface area (Å²) in [6.45, 7) is 4.00. The first-order chi connectivity index (χ1) is 7.68. The van der Waals surface area contributed by atoms with E-state index in [1.54, 1.807) is 12.3 Å². The van der Waals surface area contributed by atoms with Gasteiger partial charge < -0.3 is 4.42 Å². The fourth-order valence-electron chi connectivity index (χ4n) is 1.98. The number of allylic oxidation sites excluding steroid dienone is 4. The third-order valence-electron chi connectivity index (χ3n) is 2.83. The molecule has 2 nitrogen and oxygen atoms in total. The normalized spacial score (nSPS) is 22.1. The molecule has 1 aliphatic carbocycles. The quantitative estimate of drug-likeness (QED) is 0.620. The molecule has 0 aliphatic heterocycles. The predicted octanol–water partition coefficient (Wildman–Crippen LogP) is 3.61. The van der Waals surface area contributed by atoms with Crippen molar-refractivity contribution in [1.82, 2.24) is 0 Å². The van der Waals surface area contributed by atoms with Gasteiger partial charge in [-0.25, -0.2) is 0 Å². The summed E-state index contributed by atoms with van der Waals surface area (Å²) < 4.78 is 5.46. The van der Waals surface area contributed by atoms with Crippen molar-refractivity contribution in [1.29, 1.82) is 0 Å². The van der Waals surface area contributed by atoms with Crippen LogP contribution in [-0.4, -0.2) is 5.78 Å². The Morgan fingerprint density at radius 3 is 2.88 bits per heavy atom. The molecule has 1 aromatic heterocycles. The van der Waals surface area contributed by atoms with E-state index < -0.39 is 0 Å². The highest BCUT2D eigenvalue weighted by Crippen LogP contribution is 2.22. The van der Waals surface area contributed by atoms with Gasteiger partial charge in [-0.3, -0.25) is 4.79 Å². The molecule has 0 aromatic carbocycles. The average molecular weight is 216 g/mol. The maximum Gasteiger partial charge on any atom is 0.189 e. The minimum atomic E-state index is 0.0657. The number of carbonyl (C=O) groups excluding carboxylic acids is 1. The summed E-state index contributed by atoms with van der Waals surface area (Å²) in [5.74, 6) is 0.860. The number of fused-ring (bicyclic) bond motifs is 1. The molecule has 1 heterocycles. The molecule has 0 fully saturated rings. The molecule has 2 rings (SSSR count). The lowest BCUT2D eigenvalue weighted by Gasteiger charge is -2.03. The zero-order chi connectivity index (χ0) is 11.5. The Labute approximate surface area is 95.7 Å². The van der Waals surface area contributed by atoms with Crippen LogP contribution in [0.1, 0.15) is 41.4 Å². The summed E-state index contributed by atoms with van der Waals surface area (Å²) in [6.07, 6.45) is 10.1. The van der Waals surface area contributed by atoms with Crippen LogP contribution in [0, 0.1) is 6.92 Å². The van der Waals surface area contributed by atoms with Crippen molar-refractivity contribution in [2.75, 3.05) is 0 Å². The largest absolute Gasteiger partial charge is 0.468 e. The predicted molar refractivity (Wildman–Crippen MR) is 63.6 cm³/mol. The lowest BCUT2D eigenvalue weighted by atomic mass is 10.0. The van der Waals surface area contributed by atoms with Crippen molar-refractivity contribution in [2.45, 2.75) is 33.1 Å². The van der Waals surface area contributed by atoms with Crippen LogP contribution in [0.3, 0.4) is 0 Å². The summed E-state index contributed by atoms with van der Waals surface area (Å²) in [6, 6.07) is 0. The monoisotopic (exact) mass is 216 g/mol. The third kappa shape index (κ3) is 2.16. The SMILES string of the molecule is C/C1=C\CC/C=C/C(=O)c2c(C)coc2C1. The number of furan rings is 1. The summed E-state index contributed by atoms with van der Waals surface area (Å²) >= 11 is 0. The molecule has 2 heteroatoms. The molecule has 0 saturated carbocycles. The van der Waals surface area contributed by atoms with Gasteiger partial charge in [0.1, 0.15) is 5.76 Å². The van der Waals surface area contributed by atoms with Crippen LogP contribution < -0.4 is 0 Å². The van der Waals surface area contributed by atoms with Crippen molar-refractivity contribution in [2.24, 2.45) is 0 Å². The number of rotatable bonds is 0. The number of carbonyl (C=O) groups is 1. The molecule has 0 atom stereocenters. The molecule has 0 spiro atoms. The number of ketones is 1. The minimum absolute atomic E-state index is 0.0657. The molecule has 0 bridgehead atoms. The van der Waals surface area contributed by atoms with E-state index in [1.807, 2.05) is 13.0 Å². The Balaban J connectivity index is 2.45. The lowest BCUT2D eigenvalue weighted by Crippen LogP contribution is -2.01. The van der Waals surface area contributed by atoms with Gasteiger partial charge in [-0.1, -0.05) is 17.7 Å². The highest BCUT2D eigenvalue weighted by atomic mass is 16.3. The maximum atomic E-state index is 11.9. The number of aryl methyl sites for hydroxylation is 1. The van der Waals surface area contributed by atoms with E-state index in [1.165, 1.54) is 5.57 Å². The Kier molecular flexibility index (Phi) is 3.09. The Morgan fingerprint density at radius 2 is 2.06 bits per heavy atom. The molecule has 16 heavy (non-hydrogen) atoms. The van der Waals surface area contributed by atoms with Gasteiger partial charge in [-0.15, -0.1) is 0 Å². The van der Waals surface area contributed by atoms with Crippen LogP contribution in [0.25, 0.3) is 0 Å². The molecular weight excluding hydrogens is 200 g/mol. The van der Waals surface area contributed by atoms with Crippen molar-refractivity contribution >= 4 is 5.78 Å². The molecule has 84 valence electrons. The maximum absolute atomic E-state index is 11.9. The first-order valence-electron chi connectivity index (χ1n) is 5.62. The first-order valence-corrected chi connectivity index (χ1v) is 5.62. The Hall–Kier alpha value is -1.57. The van der Waals surface area contributed by atoms with E-state index in [2.05, 4.69) is 13.0 Å². The van der Waals surface area contributed by atoms with E-state index in [0.717, 1.165) is 36.1 Å². The molecule has 0 radical (unpaired) electrons. The van der Waals surface area contributed by atoms with Gasteiger partial charge in [-0.2, -0.15) is 0 Å². The Morgan fingerprint density at radius 1 is 1.25 bits per heavy atom. The lowest BCUT2D eigenvalue weighted by molar-refractivity contribution is 0.104. The fourth-order valence-corrected chi connectivity index (χ4v) is 1.98. The summed E-state index contributed by atoms with van der Waals surface area (Å²) in [5.41, 5.74) is 2.93. The van der Waals surface area contributed by atoms with Crippen molar-refractivity contribution < 1.29 is 9.21 Å². The van der Waals surface area contributed by atoms with Crippen LogP contribution in [0.15, 0.2) is 34.5 Å². The second-order valence-electron chi connectivity index (χ2n) is 4.29. The zero-order valence-corrected chi connectivity index (χ0v) is 9.75.